The fraction of sp³-hybridized carbons (Fsp3) is 0.600. The number of aryl methyl sites for hydroxylation is 1. The van der Waals surface area contributed by atoms with Crippen LogP contribution in [-0.2, 0) is 11.2 Å². The second-order valence-electron chi connectivity index (χ2n) is 4.87. The van der Waals surface area contributed by atoms with E-state index >= 15 is 0 Å². The van der Waals surface area contributed by atoms with E-state index in [2.05, 4.69) is 24.3 Å². The van der Waals surface area contributed by atoms with Crippen molar-refractivity contribution in [1.29, 1.82) is 0 Å². The summed E-state index contributed by atoms with van der Waals surface area (Å²) >= 11 is 0. The maximum absolute atomic E-state index is 5.50. The van der Waals surface area contributed by atoms with Gasteiger partial charge in [-0.2, -0.15) is 0 Å². The lowest BCUT2D eigenvalue weighted by molar-refractivity contribution is 0.0853. The molecule has 2 nitrogen and oxygen atoms in total. The molecule has 1 saturated heterocycles. The minimum atomic E-state index is 0.710. The molecule has 0 radical (unpaired) electrons. The maximum atomic E-state index is 5.50. The first-order valence-electron chi connectivity index (χ1n) is 6.77. The molecule has 17 heavy (non-hydrogen) atoms. The predicted octanol–water partition coefficient (Wildman–Crippen LogP) is 2.86. The zero-order valence-corrected chi connectivity index (χ0v) is 10.5. The predicted molar refractivity (Wildman–Crippen MR) is 71.2 cm³/mol. The van der Waals surface area contributed by atoms with Crippen molar-refractivity contribution in [2.24, 2.45) is 5.73 Å². The standard InChI is InChI=1S/C15H23NO/c16-10-2-1-3-13-4-6-14(7-5-13)15-8-11-17-12-9-15/h4-7,15H,1-3,8-12,16H2. The highest BCUT2D eigenvalue weighted by Crippen LogP contribution is 2.26. The zero-order chi connectivity index (χ0) is 11.9. The third-order valence-electron chi connectivity index (χ3n) is 3.59. The second kappa shape index (κ2) is 6.77. The molecule has 1 aliphatic rings. The average Bonchev–Trinajstić information content (AvgIpc) is 2.41. The molecule has 0 aliphatic carbocycles. The lowest BCUT2D eigenvalue weighted by atomic mass is 9.91. The Morgan fingerprint density at radius 2 is 1.76 bits per heavy atom. The molecule has 0 spiro atoms. The van der Waals surface area contributed by atoms with E-state index in [9.17, 15) is 0 Å². The van der Waals surface area contributed by atoms with Crippen molar-refractivity contribution in [2.75, 3.05) is 19.8 Å². The molecule has 0 atom stereocenters. The molecule has 1 aromatic carbocycles. The number of hydrogen-bond donors (Lipinski definition) is 1. The highest BCUT2D eigenvalue weighted by Gasteiger charge is 2.15. The van der Waals surface area contributed by atoms with Crippen LogP contribution in [0.5, 0.6) is 0 Å². The van der Waals surface area contributed by atoms with Gasteiger partial charge >= 0.3 is 0 Å². The summed E-state index contributed by atoms with van der Waals surface area (Å²) in [6.45, 7) is 2.64. The molecule has 0 aromatic heterocycles. The van der Waals surface area contributed by atoms with Gasteiger partial charge in [0.15, 0.2) is 0 Å². The summed E-state index contributed by atoms with van der Waals surface area (Å²) in [7, 11) is 0. The van der Waals surface area contributed by atoms with Gasteiger partial charge < -0.3 is 10.5 Å². The molecular weight excluding hydrogens is 210 g/mol. The van der Waals surface area contributed by atoms with Crippen molar-refractivity contribution in [3.05, 3.63) is 35.4 Å². The first-order chi connectivity index (χ1) is 8.40. The van der Waals surface area contributed by atoms with Gasteiger partial charge in [-0.1, -0.05) is 24.3 Å². The van der Waals surface area contributed by atoms with Crippen LogP contribution in [0.3, 0.4) is 0 Å². The highest BCUT2D eigenvalue weighted by molar-refractivity contribution is 5.25. The number of hydrogen-bond acceptors (Lipinski definition) is 2. The third kappa shape index (κ3) is 3.83. The summed E-state index contributed by atoms with van der Waals surface area (Å²) in [5, 5.41) is 0. The minimum Gasteiger partial charge on any atom is -0.381 e. The van der Waals surface area contributed by atoms with Crippen molar-refractivity contribution >= 4 is 0 Å². The van der Waals surface area contributed by atoms with Crippen molar-refractivity contribution in [2.45, 2.75) is 38.0 Å². The molecular formula is C15H23NO. The Morgan fingerprint density at radius 3 is 2.41 bits per heavy atom. The van der Waals surface area contributed by atoms with Crippen LogP contribution in [0.2, 0.25) is 0 Å². The Balaban J connectivity index is 1.88. The molecule has 2 rings (SSSR count). The van der Waals surface area contributed by atoms with Crippen LogP contribution in [0.4, 0.5) is 0 Å². The summed E-state index contributed by atoms with van der Waals surface area (Å²) < 4.78 is 5.40. The van der Waals surface area contributed by atoms with E-state index in [1.165, 1.54) is 30.4 Å². The lowest BCUT2D eigenvalue weighted by Crippen LogP contribution is -2.13. The van der Waals surface area contributed by atoms with Gasteiger partial charge in [0.25, 0.3) is 0 Å². The van der Waals surface area contributed by atoms with Crippen molar-refractivity contribution < 1.29 is 4.74 Å². The van der Waals surface area contributed by atoms with Gasteiger partial charge in [-0.25, -0.2) is 0 Å². The SMILES string of the molecule is NCCCCc1ccc(C2CCOCC2)cc1. The van der Waals surface area contributed by atoms with Gasteiger partial charge in [0, 0.05) is 13.2 Å². The largest absolute Gasteiger partial charge is 0.381 e. The number of nitrogens with two attached hydrogens (primary N) is 1. The van der Waals surface area contributed by atoms with E-state index in [4.69, 9.17) is 10.5 Å². The smallest absolute Gasteiger partial charge is 0.0471 e. The highest BCUT2D eigenvalue weighted by atomic mass is 16.5. The molecule has 0 amide bonds. The normalized spacial score (nSPS) is 17.2. The Hall–Kier alpha value is -0.860. The van der Waals surface area contributed by atoms with E-state index in [1.807, 2.05) is 0 Å². The minimum absolute atomic E-state index is 0.710. The number of ether oxygens (including phenoxy) is 1. The molecule has 1 fully saturated rings. The number of benzene rings is 1. The van der Waals surface area contributed by atoms with Crippen LogP contribution in [-0.4, -0.2) is 19.8 Å². The summed E-state index contributed by atoms with van der Waals surface area (Å²) in [5.74, 6) is 0.710. The maximum Gasteiger partial charge on any atom is 0.0471 e. The Kier molecular flexibility index (Phi) is 5.02. The summed E-state index contributed by atoms with van der Waals surface area (Å²) in [6.07, 6.45) is 5.83. The van der Waals surface area contributed by atoms with Crippen molar-refractivity contribution in [3.8, 4) is 0 Å². The topological polar surface area (TPSA) is 35.2 Å². The van der Waals surface area contributed by atoms with Gasteiger partial charge in [0.1, 0.15) is 0 Å². The first kappa shape index (κ1) is 12.6. The summed E-state index contributed by atoms with van der Waals surface area (Å²) in [6, 6.07) is 9.16. The molecule has 0 unspecified atom stereocenters. The van der Waals surface area contributed by atoms with Gasteiger partial charge in [-0.15, -0.1) is 0 Å². The molecule has 2 heteroatoms. The monoisotopic (exact) mass is 233 g/mol. The summed E-state index contributed by atoms with van der Waals surface area (Å²) in [4.78, 5) is 0. The average molecular weight is 233 g/mol. The fourth-order valence-corrected chi connectivity index (χ4v) is 2.46. The second-order valence-corrected chi connectivity index (χ2v) is 4.87. The van der Waals surface area contributed by atoms with Crippen molar-refractivity contribution in [3.63, 3.8) is 0 Å². The summed E-state index contributed by atoms with van der Waals surface area (Å²) in [5.41, 5.74) is 8.42. The van der Waals surface area contributed by atoms with Gasteiger partial charge in [-0.3, -0.25) is 0 Å². The Morgan fingerprint density at radius 1 is 1.06 bits per heavy atom. The van der Waals surface area contributed by atoms with E-state index in [-0.39, 0.29) is 0 Å². The van der Waals surface area contributed by atoms with Crippen molar-refractivity contribution in [1.82, 2.24) is 0 Å². The van der Waals surface area contributed by atoms with Crippen LogP contribution < -0.4 is 5.73 Å². The number of rotatable bonds is 5. The lowest BCUT2D eigenvalue weighted by Gasteiger charge is -2.22. The Labute approximate surface area is 104 Å². The molecule has 1 aliphatic heterocycles. The van der Waals surface area contributed by atoms with Gasteiger partial charge in [0.2, 0.25) is 0 Å². The Bertz CT molecular complexity index is 314. The van der Waals surface area contributed by atoms with Gasteiger partial charge in [-0.05, 0) is 55.7 Å². The van der Waals surface area contributed by atoms with Crippen LogP contribution >= 0.6 is 0 Å². The molecule has 1 heterocycles. The molecule has 0 saturated carbocycles. The van der Waals surface area contributed by atoms with E-state index < -0.39 is 0 Å². The molecule has 0 bridgehead atoms. The van der Waals surface area contributed by atoms with Crippen LogP contribution in [0.1, 0.15) is 42.7 Å². The molecule has 2 N–H and O–H groups in total. The fourth-order valence-electron chi connectivity index (χ4n) is 2.46. The quantitative estimate of drug-likeness (QED) is 0.794. The van der Waals surface area contributed by atoms with Crippen LogP contribution in [0.15, 0.2) is 24.3 Å². The van der Waals surface area contributed by atoms with Gasteiger partial charge in [0.05, 0.1) is 0 Å². The molecule has 1 aromatic rings. The number of unbranched alkanes of at least 4 members (excludes halogenated alkanes) is 1. The third-order valence-corrected chi connectivity index (χ3v) is 3.59. The van der Waals surface area contributed by atoms with E-state index in [0.717, 1.165) is 32.6 Å². The van der Waals surface area contributed by atoms with E-state index in [1.54, 1.807) is 0 Å². The van der Waals surface area contributed by atoms with E-state index in [0.29, 0.717) is 5.92 Å². The molecule has 94 valence electrons. The van der Waals surface area contributed by atoms with Crippen LogP contribution in [0, 0.1) is 0 Å². The first-order valence-corrected chi connectivity index (χ1v) is 6.77. The van der Waals surface area contributed by atoms with Crippen LogP contribution in [0.25, 0.3) is 0 Å². The zero-order valence-electron chi connectivity index (χ0n) is 10.5.